The van der Waals surface area contributed by atoms with Crippen LogP contribution in [-0.4, -0.2) is 12.3 Å². The summed E-state index contributed by atoms with van der Waals surface area (Å²) in [5, 5.41) is 0. The highest BCUT2D eigenvalue weighted by molar-refractivity contribution is 6.01. The largest absolute Gasteiger partial charge is 0.324 e. The fraction of sp³-hybridized carbons (Fsp3) is 0.500. The van der Waals surface area contributed by atoms with Crippen molar-refractivity contribution in [2.24, 2.45) is 5.73 Å². The Labute approximate surface area is 95.8 Å². The zero-order valence-corrected chi connectivity index (χ0v) is 9.51. The highest BCUT2D eigenvalue weighted by Crippen LogP contribution is 2.35. The summed E-state index contributed by atoms with van der Waals surface area (Å²) in [7, 11) is 0. The number of nitrogens with two attached hydrogens (primary N) is 1. The van der Waals surface area contributed by atoms with Gasteiger partial charge in [0.05, 0.1) is 6.54 Å². The first kappa shape index (κ1) is 10.0. The van der Waals surface area contributed by atoms with Gasteiger partial charge in [-0.05, 0) is 60.8 Å². The maximum absolute atomic E-state index is 12.0. The van der Waals surface area contributed by atoms with Crippen LogP contribution in [0.2, 0.25) is 0 Å². The number of benzene rings is 1. The second-order valence-corrected chi connectivity index (χ2v) is 4.86. The van der Waals surface area contributed by atoms with Gasteiger partial charge in [-0.2, -0.15) is 0 Å². The first-order chi connectivity index (χ1) is 7.81. The first-order valence-electron chi connectivity index (χ1n) is 6.21. The van der Waals surface area contributed by atoms with E-state index < -0.39 is 0 Å². The van der Waals surface area contributed by atoms with E-state index in [1.165, 1.54) is 35.1 Å². The van der Waals surface area contributed by atoms with Gasteiger partial charge in [0.15, 0.2) is 5.78 Å². The van der Waals surface area contributed by atoms with E-state index in [9.17, 15) is 4.79 Å². The van der Waals surface area contributed by atoms with Crippen LogP contribution in [0.5, 0.6) is 0 Å². The van der Waals surface area contributed by atoms with Crippen molar-refractivity contribution in [2.45, 2.75) is 38.5 Å². The van der Waals surface area contributed by atoms with E-state index in [0.717, 1.165) is 31.2 Å². The molecule has 0 bridgehead atoms. The maximum atomic E-state index is 12.0. The Morgan fingerprint density at radius 2 is 1.62 bits per heavy atom. The lowest BCUT2D eigenvalue weighted by molar-refractivity contribution is 0.0999. The lowest BCUT2D eigenvalue weighted by Gasteiger charge is -2.13. The van der Waals surface area contributed by atoms with E-state index in [0.29, 0.717) is 0 Å². The van der Waals surface area contributed by atoms with Gasteiger partial charge in [-0.1, -0.05) is 6.07 Å². The summed E-state index contributed by atoms with van der Waals surface area (Å²) in [5.41, 5.74) is 12.0. The van der Waals surface area contributed by atoms with Crippen molar-refractivity contribution >= 4 is 5.78 Å². The number of rotatable bonds is 2. The van der Waals surface area contributed by atoms with Crippen molar-refractivity contribution < 1.29 is 4.79 Å². The summed E-state index contributed by atoms with van der Waals surface area (Å²) in [5.74, 6) is 0.150. The molecule has 0 heterocycles. The molecule has 16 heavy (non-hydrogen) atoms. The Hall–Kier alpha value is -1.15. The molecule has 0 amide bonds. The minimum Gasteiger partial charge on any atom is -0.324 e. The van der Waals surface area contributed by atoms with Crippen molar-refractivity contribution in [3.8, 4) is 0 Å². The van der Waals surface area contributed by atoms with Gasteiger partial charge in [0.1, 0.15) is 0 Å². The fourth-order valence-electron chi connectivity index (χ4n) is 3.25. The standard InChI is InChI=1S/C14H17NO/c15-8-13(16)14-11-5-1-3-9(11)7-10-4-2-6-12(10)14/h7H,1-6,8,15H2. The van der Waals surface area contributed by atoms with Crippen LogP contribution in [0.1, 0.15) is 45.5 Å². The number of fused-ring (bicyclic) bond motifs is 2. The molecule has 0 saturated carbocycles. The van der Waals surface area contributed by atoms with Gasteiger partial charge < -0.3 is 5.73 Å². The first-order valence-corrected chi connectivity index (χ1v) is 6.21. The van der Waals surface area contributed by atoms with Crippen molar-refractivity contribution in [3.63, 3.8) is 0 Å². The fourth-order valence-corrected chi connectivity index (χ4v) is 3.25. The van der Waals surface area contributed by atoms with Crippen LogP contribution in [0.3, 0.4) is 0 Å². The molecule has 0 aliphatic heterocycles. The molecule has 0 saturated heterocycles. The number of ketones is 1. The molecule has 2 nitrogen and oxygen atoms in total. The Bertz CT molecular complexity index is 430. The van der Waals surface area contributed by atoms with Crippen LogP contribution < -0.4 is 5.73 Å². The van der Waals surface area contributed by atoms with E-state index in [1.54, 1.807) is 0 Å². The average molecular weight is 215 g/mol. The number of hydrogen-bond donors (Lipinski definition) is 1. The molecule has 2 N–H and O–H groups in total. The molecule has 1 aromatic carbocycles. The van der Waals surface area contributed by atoms with Crippen molar-refractivity contribution in [2.75, 3.05) is 6.54 Å². The monoisotopic (exact) mass is 215 g/mol. The molecule has 2 aliphatic rings. The summed E-state index contributed by atoms with van der Waals surface area (Å²) in [4.78, 5) is 12.0. The van der Waals surface area contributed by atoms with Crippen LogP contribution in [0.4, 0.5) is 0 Å². The van der Waals surface area contributed by atoms with Gasteiger partial charge in [-0.25, -0.2) is 0 Å². The van der Waals surface area contributed by atoms with Gasteiger partial charge in [0.25, 0.3) is 0 Å². The number of Topliss-reactive ketones (excluding diaryl/α,β-unsaturated/α-hetero) is 1. The number of aryl methyl sites for hydroxylation is 2. The highest BCUT2D eigenvalue weighted by atomic mass is 16.1. The van der Waals surface area contributed by atoms with Crippen molar-refractivity contribution in [1.82, 2.24) is 0 Å². The van der Waals surface area contributed by atoms with Crippen molar-refractivity contribution in [3.05, 3.63) is 33.9 Å². The Kier molecular flexibility index (Phi) is 2.32. The van der Waals surface area contributed by atoms with Crippen molar-refractivity contribution in [1.29, 1.82) is 0 Å². The van der Waals surface area contributed by atoms with Gasteiger partial charge in [-0.3, -0.25) is 4.79 Å². The quantitative estimate of drug-likeness (QED) is 0.764. The van der Waals surface area contributed by atoms with E-state index in [4.69, 9.17) is 5.73 Å². The van der Waals surface area contributed by atoms with E-state index in [1.807, 2.05) is 0 Å². The molecular formula is C14H17NO. The van der Waals surface area contributed by atoms with E-state index in [-0.39, 0.29) is 12.3 Å². The summed E-state index contributed by atoms with van der Waals surface area (Å²) < 4.78 is 0. The molecule has 0 fully saturated rings. The third-order valence-corrected chi connectivity index (χ3v) is 3.94. The summed E-state index contributed by atoms with van der Waals surface area (Å²) in [6.45, 7) is 0.156. The molecular weight excluding hydrogens is 198 g/mol. The van der Waals surface area contributed by atoms with Gasteiger partial charge in [0, 0.05) is 5.56 Å². The molecule has 1 aromatic rings. The molecule has 0 radical (unpaired) electrons. The molecule has 0 spiro atoms. The Morgan fingerprint density at radius 3 is 2.12 bits per heavy atom. The third kappa shape index (κ3) is 1.33. The number of carbonyl (C=O) groups excluding carboxylic acids is 1. The minimum absolute atomic E-state index is 0.150. The molecule has 3 rings (SSSR count). The maximum Gasteiger partial charge on any atom is 0.176 e. The lowest BCUT2D eigenvalue weighted by atomic mass is 9.91. The molecule has 0 unspecified atom stereocenters. The third-order valence-electron chi connectivity index (χ3n) is 3.94. The van der Waals surface area contributed by atoms with Crippen LogP contribution in [-0.2, 0) is 25.7 Å². The molecule has 2 heteroatoms. The van der Waals surface area contributed by atoms with Gasteiger partial charge in [-0.15, -0.1) is 0 Å². The zero-order chi connectivity index (χ0) is 11.1. The Balaban J connectivity index is 2.23. The summed E-state index contributed by atoms with van der Waals surface area (Å²) in [6, 6.07) is 2.35. The topological polar surface area (TPSA) is 43.1 Å². The van der Waals surface area contributed by atoms with E-state index >= 15 is 0 Å². The molecule has 84 valence electrons. The molecule has 2 aliphatic carbocycles. The van der Waals surface area contributed by atoms with Crippen LogP contribution in [0.25, 0.3) is 0 Å². The minimum atomic E-state index is 0.150. The SMILES string of the molecule is NCC(=O)c1c2c(cc3c1CCC3)CCC2. The zero-order valence-electron chi connectivity index (χ0n) is 9.51. The Morgan fingerprint density at radius 1 is 1.06 bits per heavy atom. The smallest absolute Gasteiger partial charge is 0.176 e. The van der Waals surface area contributed by atoms with Gasteiger partial charge >= 0.3 is 0 Å². The lowest BCUT2D eigenvalue weighted by Crippen LogP contribution is -2.18. The predicted octanol–water partition coefficient (Wildman–Crippen LogP) is 1.81. The van der Waals surface area contributed by atoms with Crippen LogP contribution in [0, 0.1) is 0 Å². The van der Waals surface area contributed by atoms with E-state index in [2.05, 4.69) is 6.07 Å². The summed E-state index contributed by atoms with van der Waals surface area (Å²) in [6.07, 6.45) is 6.83. The number of hydrogen-bond acceptors (Lipinski definition) is 2. The summed E-state index contributed by atoms with van der Waals surface area (Å²) >= 11 is 0. The molecule has 0 aromatic heterocycles. The number of carbonyl (C=O) groups is 1. The van der Waals surface area contributed by atoms with Gasteiger partial charge in [0.2, 0.25) is 0 Å². The average Bonchev–Trinajstić information content (AvgIpc) is 2.91. The second-order valence-electron chi connectivity index (χ2n) is 4.86. The van der Waals surface area contributed by atoms with Crippen LogP contribution in [0.15, 0.2) is 6.07 Å². The van der Waals surface area contributed by atoms with Crippen LogP contribution >= 0.6 is 0 Å². The highest BCUT2D eigenvalue weighted by Gasteiger charge is 2.26. The predicted molar refractivity (Wildman–Crippen MR) is 63.9 cm³/mol. The second kappa shape index (κ2) is 3.70. The molecule has 0 atom stereocenters. The normalized spacial score (nSPS) is 17.3.